The van der Waals surface area contributed by atoms with Gasteiger partial charge in [-0.3, -0.25) is 0 Å². The van der Waals surface area contributed by atoms with Crippen LogP contribution in [-0.2, 0) is 13.0 Å². The van der Waals surface area contributed by atoms with Crippen LogP contribution in [-0.4, -0.2) is 31.0 Å². The summed E-state index contributed by atoms with van der Waals surface area (Å²) in [5, 5.41) is 8.49. The van der Waals surface area contributed by atoms with Gasteiger partial charge in [-0.15, -0.1) is 0 Å². The van der Waals surface area contributed by atoms with Gasteiger partial charge in [-0.1, -0.05) is 42.5 Å². The molecule has 0 saturated heterocycles. The van der Waals surface area contributed by atoms with Crippen molar-refractivity contribution in [3.05, 3.63) is 65.2 Å². The molecular weight excluding hydrogens is 424 g/mol. The van der Waals surface area contributed by atoms with Crippen LogP contribution in [0.2, 0.25) is 0 Å². The average Bonchev–Trinajstić information content (AvgIpc) is 2.69. The van der Waals surface area contributed by atoms with Gasteiger partial charge in [0.25, 0.3) is 0 Å². The van der Waals surface area contributed by atoms with E-state index in [4.69, 9.17) is 0 Å². The molecule has 4 nitrogen and oxygen atoms in total. The number of amides is 2. The van der Waals surface area contributed by atoms with E-state index in [2.05, 4.69) is 16.0 Å². The van der Waals surface area contributed by atoms with Gasteiger partial charge in [-0.05, 0) is 35.6 Å². The number of carbonyl (C=O) groups is 1. The van der Waals surface area contributed by atoms with Crippen LogP contribution in [0.3, 0.4) is 0 Å². The Hall–Kier alpha value is -2.91. The molecule has 1 atom stereocenters. The molecule has 0 saturated carbocycles. The number of fused-ring (bicyclic) bond motifs is 1. The zero-order valence-electron chi connectivity index (χ0n) is 16.3. The molecule has 3 N–H and O–H groups in total. The number of anilines is 1. The summed E-state index contributed by atoms with van der Waals surface area (Å²) >= 11 is 0. The first-order valence-electron chi connectivity index (χ1n) is 9.62. The third kappa shape index (κ3) is 6.05. The molecule has 1 heterocycles. The average molecular weight is 445 g/mol. The van der Waals surface area contributed by atoms with Crippen molar-refractivity contribution >= 4 is 11.7 Å². The minimum atomic E-state index is -5.42. The fourth-order valence-electron chi connectivity index (χ4n) is 3.54. The maximum Gasteiger partial charge on any atom is 0.404 e. The summed E-state index contributed by atoms with van der Waals surface area (Å²) in [6.07, 6.45) is -10.1. The summed E-state index contributed by atoms with van der Waals surface area (Å²) in [4.78, 5) is 11.9. The van der Waals surface area contributed by atoms with Crippen LogP contribution in [0, 0.1) is 0 Å². The van der Waals surface area contributed by atoms with Gasteiger partial charge in [-0.2, -0.15) is 26.3 Å². The SMILES string of the molecule is O=C(NCc1ccccc1)NCC1CCc2cc(C(C(F)(F)F)C(F)(F)F)ccc2N1. The lowest BCUT2D eigenvalue weighted by Crippen LogP contribution is -2.43. The lowest BCUT2D eigenvalue weighted by atomic mass is 9.91. The van der Waals surface area contributed by atoms with Gasteiger partial charge in [0, 0.05) is 24.8 Å². The van der Waals surface area contributed by atoms with E-state index in [-0.39, 0.29) is 18.6 Å². The van der Waals surface area contributed by atoms with Crippen molar-refractivity contribution in [2.75, 3.05) is 11.9 Å². The van der Waals surface area contributed by atoms with Gasteiger partial charge in [0.15, 0.2) is 5.92 Å². The lowest BCUT2D eigenvalue weighted by Gasteiger charge is -2.29. The highest BCUT2D eigenvalue weighted by atomic mass is 19.4. The van der Waals surface area contributed by atoms with E-state index < -0.39 is 23.8 Å². The van der Waals surface area contributed by atoms with Crippen molar-refractivity contribution < 1.29 is 31.1 Å². The Balaban J connectivity index is 1.57. The summed E-state index contributed by atoms with van der Waals surface area (Å²) in [7, 11) is 0. The predicted octanol–water partition coefficient (Wildman–Crippen LogP) is 5.12. The molecular formula is C21H21F6N3O. The van der Waals surface area contributed by atoms with Crippen LogP contribution in [0.1, 0.15) is 29.0 Å². The van der Waals surface area contributed by atoms with Crippen LogP contribution >= 0.6 is 0 Å². The molecule has 10 heteroatoms. The van der Waals surface area contributed by atoms with Gasteiger partial charge in [0.1, 0.15) is 0 Å². The van der Waals surface area contributed by atoms with Crippen molar-refractivity contribution in [1.29, 1.82) is 0 Å². The molecule has 168 valence electrons. The third-order valence-corrected chi connectivity index (χ3v) is 5.04. The molecule has 0 spiro atoms. The van der Waals surface area contributed by atoms with Gasteiger partial charge in [0.2, 0.25) is 0 Å². The molecule has 31 heavy (non-hydrogen) atoms. The molecule has 3 rings (SSSR count). The second kappa shape index (κ2) is 9.07. The number of halogens is 6. The fourth-order valence-corrected chi connectivity index (χ4v) is 3.54. The Kier molecular flexibility index (Phi) is 6.66. The quantitative estimate of drug-likeness (QED) is 0.560. The largest absolute Gasteiger partial charge is 0.404 e. The number of hydrogen-bond donors (Lipinski definition) is 3. The van der Waals surface area contributed by atoms with Crippen molar-refractivity contribution in [3.63, 3.8) is 0 Å². The smallest absolute Gasteiger partial charge is 0.380 e. The number of rotatable bonds is 5. The van der Waals surface area contributed by atoms with Crippen molar-refractivity contribution in [3.8, 4) is 0 Å². The van der Waals surface area contributed by atoms with Gasteiger partial charge >= 0.3 is 18.4 Å². The normalized spacial score (nSPS) is 16.4. The Morgan fingerprint density at radius 1 is 1.00 bits per heavy atom. The maximum atomic E-state index is 13.0. The van der Waals surface area contributed by atoms with Crippen LogP contribution < -0.4 is 16.0 Å². The minimum Gasteiger partial charge on any atom is -0.380 e. The van der Waals surface area contributed by atoms with Crippen LogP contribution in [0.5, 0.6) is 0 Å². The number of alkyl halides is 6. The number of benzene rings is 2. The van der Waals surface area contributed by atoms with Crippen LogP contribution in [0.4, 0.5) is 36.8 Å². The first-order valence-corrected chi connectivity index (χ1v) is 9.62. The first kappa shape index (κ1) is 22.8. The molecule has 2 aromatic rings. The van der Waals surface area contributed by atoms with E-state index in [1.54, 1.807) is 0 Å². The molecule has 2 amide bonds. The lowest BCUT2D eigenvalue weighted by molar-refractivity contribution is -0.253. The monoisotopic (exact) mass is 445 g/mol. The zero-order valence-corrected chi connectivity index (χ0v) is 16.3. The van der Waals surface area contributed by atoms with E-state index in [1.165, 1.54) is 6.07 Å². The van der Waals surface area contributed by atoms with E-state index in [1.807, 2.05) is 30.3 Å². The second-order valence-corrected chi connectivity index (χ2v) is 7.36. The number of aryl methyl sites for hydroxylation is 1. The highest BCUT2D eigenvalue weighted by molar-refractivity contribution is 5.74. The van der Waals surface area contributed by atoms with E-state index >= 15 is 0 Å². The van der Waals surface area contributed by atoms with Crippen molar-refractivity contribution in [1.82, 2.24) is 10.6 Å². The molecule has 0 radical (unpaired) electrons. The maximum absolute atomic E-state index is 13.0. The number of urea groups is 1. The standard InChI is InChI=1S/C21H21F6N3O/c22-20(23,24)18(21(25,26)27)15-7-9-17-14(10-15)6-8-16(30-17)12-29-19(31)28-11-13-4-2-1-3-5-13/h1-5,7,9-10,16,18,30H,6,8,11-12H2,(H2,28,29,31). The summed E-state index contributed by atoms with van der Waals surface area (Å²) in [5.41, 5.74) is 0.974. The fraction of sp³-hybridized carbons (Fsp3) is 0.381. The second-order valence-electron chi connectivity index (χ2n) is 7.36. The molecule has 1 aliphatic rings. The summed E-state index contributed by atoms with van der Waals surface area (Å²) in [6, 6.07) is 11.8. The summed E-state index contributed by atoms with van der Waals surface area (Å²) in [5.74, 6) is -3.52. The van der Waals surface area contributed by atoms with Gasteiger partial charge in [-0.25, -0.2) is 4.79 Å². The topological polar surface area (TPSA) is 53.2 Å². The van der Waals surface area contributed by atoms with Crippen molar-refractivity contribution in [2.45, 2.75) is 43.7 Å². The molecule has 2 aromatic carbocycles. The van der Waals surface area contributed by atoms with Crippen LogP contribution in [0.25, 0.3) is 0 Å². The zero-order chi connectivity index (χ0) is 22.6. The molecule has 0 bridgehead atoms. The Bertz CT molecular complexity index is 884. The Morgan fingerprint density at radius 2 is 1.68 bits per heavy atom. The molecule has 1 aliphatic heterocycles. The van der Waals surface area contributed by atoms with E-state index in [0.717, 1.165) is 17.7 Å². The molecule has 0 fully saturated rings. The Morgan fingerprint density at radius 3 is 2.32 bits per heavy atom. The molecule has 0 aromatic heterocycles. The minimum absolute atomic E-state index is 0.193. The molecule has 0 aliphatic carbocycles. The first-order chi connectivity index (χ1) is 14.5. The number of hydrogen-bond acceptors (Lipinski definition) is 2. The van der Waals surface area contributed by atoms with E-state index in [9.17, 15) is 31.1 Å². The van der Waals surface area contributed by atoms with Crippen LogP contribution in [0.15, 0.2) is 48.5 Å². The third-order valence-electron chi connectivity index (χ3n) is 5.04. The molecule has 1 unspecified atom stereocenters. The highest BCUT2D eigenvalue weighted by Gasteiger charge is 2.57. The summed E-state index contributed by atoms with van der Waals surface area (Å²) < 4.78 is 77.8. The number of carbonyl (C=O) groups excluding carboxylic acids is 1. The summed E-state index contributed by atoms with van der Waals surface area (Å²) in [6.45, 7) is 0.617. The van der Waals surface area contributed by atoms with Gasteiger partial charge < -0.3 is 16.0 Å². The predicted molar refractivity (Wildman–Crippen MR) is 104 cm³/mol. The van der Waals surface area contributed by atoms with Crippen molar-refractivity contribution in [2.24, 2.45) is 0 Å². The Labute approximate surface area is 175 Å². The van der Waals surface area contributed by atoms with Gasteiger partial charge in [0.05, 0.1) is 0 Å². The van der Waals surface area contributed by atoms with E-state index in [0.29, 0.717) is 30.6 Å². The number of nitrogens with one attached hydrogen (secondary N) is 3. The highest BCUT2D eigenvalue weighted by Crippen LogP contribution is 2.47.